The second kappa shape index (κ2) is 13.1. The van der Waals surface area contributed by atoms with E-state index in [1.165, 1.54) is 4.90 Å². The SMILES string of the molecule is CCOP1(=O)N=C(C2=C(OC(=O)c3ccccc3)C(C)N(CCC(C)(C)C)C2=O)Nc2ccc(N(C)C(=O)c3ccccc3)cc21. The lowest BCUT2D eigenvalue weighted by Crippen LogP contribution is -2.38. The number of esters is 1. The van der Waals surface area contributed by atoms with Crippen molar-refractivity contribution in [1.82, 2.24) is 4.90 Å². The molecule has 2 unspecified atom stereocenters. The molecule has 2 atom stereocenters. The molecule has 240 valence electrons. The first-order valence-electron chi connectivity index (χ1n) is 15.3. The molecule has 0 spiro atoms. The largest absolute Gasteiger partial charge is 0.424 e. The third kappa shape index (κ3) is 6.69. The van der Waals surface area contributed by atoms with E-state index in [-0.39, 0.29) is 40.4 Å². The number of nitrogens with one attached hydrogen (secondary N) is 1. The normalized spacial score (nSPS) is 19.3. The average molecular weight is 643 g/mol. The first kappa shape index (κ1) is 32.9. The van der Waals surface area contributed by atoms with Crippen LogP contribution in [0.4, 0.5) is 11.4 Å². The molecule has 0 aromatic heterocycles. The predicted octanol–water partition coefficient (Wildman–Crippen LogP) is 6.42. The highest BCUT2D eigenvalue weighted by Crippen LogP contribution is 2.53. The number of amides is 2. The number of benzene rings is 3. The van der Waals surface area contributed by atoms with Gasteiger partial charge in [0, 0.05) is 24.8 Å². The molecule has 0 saturated heterocycles. The summed E-state index contributed by atoms with van der Waals surface area (Å²) in [7, 11) is -2.33. The van der Waals surface area contributed by atoms with E-state index >= 15 is 0 Å². The highest BCUT2D eigenvalue weighted by molar-refractivity contribution is 7.66. The van der Waals surface area contributed by atoms with Gasteiger partial charge in [0.1, 0.15) is 11.3 Å². The Labute approximate surface area is 269 Å². The van der Waals surface area contributed by atoms with Crippen LogP contribution in [0.1, 0.15) is 61.8 Å². The lowest BCUT2D eigenvalue weighted by molar-refractivity contribution is -0.126. The van der Waals surface area contributed by atoms with Crippen LogP contribution in [0.25, 0.3) is 0 Å². The van der Waals surface area contributed by atoms with Crippen molar-refractivity contribution >= 4 is 47.8 Å². The average Bonchev–Trinajstić information content (AvgIpc) is 3.27. The van der Waals surface area contributed by atoms with Gasteiger partial charge in [0.25, 0.3) is 11.8 Å². The summed E-state index contributed by atoms with van der Waals surface area (Å²) in [5.74, 6) is -1.14. The standard InChI is InChI=1S/C35H39N4O6P/c1-7-44-46(43)28-22-26(38(6)32(40)24-14-10-8-11-15-24)18-19-27(28)36-31(37-46)29-30(45-34(42)25-16-12-9-13-17-25)23(2)39(33(29)41)21-20-35(3,4)5/h8-19,22-23H,7,20-21H2,1-6H3,(H,36,37,43). The lowest BCUT2D eigenvalue weighted by atomic mass is 9.92. The fourth-order valence-corrected chi connectivity index (χ4v) is 7.10. The zero-order chi connectivity index (χ0) is 33.2. The monoisotopic (exact) mass is 642 g/mol. The van der Waals surface area contributed by atoms with Crippen molar-refractivity contribution in [3.8, 4) is 0 Å². The molecule has 46 heavy (non-hydrogen) atoms. The number of carbonyl (C=O) groups excluding carboxylic acids is 3. The number of anilines is 2. The van der Waals surface area contributed by atoms with Gasteiger partial charge in [0.05, 0.1) is 29.2 Å². The van der Waals surface area contributed by atoms with Crippen LogP contribution in [0.2, 0.25) is 0 Å². The van der Waals surface area contributed by atoms with Crippen LogP contribution in [0.5, 0.6) is 0 Å². The van der Waals surface area contributed by atoms with E-state index in [9.17, 15) is 18.9 Å². The van der Waals surface area contributed by atoms with E-state index < -0.39 is 25.4 Å². The zero-order valence-electron chi connectivity index (χ0n) is 26.9. The molecule has 2 aliphatic rings. The molecule has 0 bridgehead atoms. The van der Waals surface area contributed by atoms with Crippen molar-refractivity contribution in [3.05, 3.63) is 101 Å². The van der Waals surface area contributed by atoms with Gasteiger partial charge in [0.2, 0.25) is 0 Å². The molecule has 0 aliphatic carbocycles. The van der Waals surface area contributed by atoms with E-state index in [4.69, 9.17) is 9.26 Å². The summed E-state index contributed by atoms with van der Waals surface area (Å²) in [6.45, 7) is 10.3. The van der Waals surface area contributed by atoms with Crippen LogP contribution in [0.15, 0.2) is 95.0 Å². The van der Waals surface area contributed by atoms with Crippen molar-refractivity contribution in [1.29, 1.82) is 0 Å². The number of amidine groups is 1. The molecule has 2 heterocycles. The second-order valence-corrected chi connectivity index (χ2v) is 14.4. The smallest absolute Gasteiger partial charge is 0.348 e. The molecule has 3 aromatic carbocycles. The molecule has 0 saturated carbocycles. The Morgan fingerprint density at radius 3 is 2.24 bits per heavy atom. The molecule has 2 aliphatic heterocycles. The minimum absolute atomic E-state index is 0.00304. The van der Waals surface area contributed by atoms with Gasteiger partial charge in [-0.1, -0.05) is 57.2 Å². The highest BCUT2D eigenvalue weighted by Gasteiger charge is 2.45. The minimum atomic E-state index is -3.97. The number of hydrogen-bond donors (Lipinski definition) is 1. The van der Waals surface area contributed by atoms with Gasteiger partial charge in [-0.15, -0.1) is 0 Å². The molecular weight excluding hydrogens is 603 g/mol. The summed E-state index contributed by atoms with van der Waals surface area (Å²) in [6, 6.07) is 21.8. The van der Waals surface area contributed by atoms with Crippen LogP contribution in [-0.4, -0.2) is 54.8 Å². The first-order valence-corrected chi connectivity index (χ1v) is 16.8. The summed E-state index contributed by atoms with van der Waals surface area (Å²) >= 11 is 0. The van der Waals surface area contributed by atoms with Crippen LogP contribution in [0.3, 0.4) is 0 Å². The number of nitrogens with zero attached hydrogens (tertiary/aromatic N) is 3. The topological polar surface area (TPSA) is 118 Å². The fraction of sp³-hybridized carbons (Fsp3) is 0.314. The van der Waals surface area contributed by atoms with Crippen molar-refractivity contribution in [2.24, 2.45) is 10.2 Å². The maximum Gasteiger partial charge on any atom is 0.348 e. The number of rotatable bonds is 9. The summed E-state index contributed by atoms with van der Waals surface area (Å²) in [6.07, 6.45) is 0.703. The van der Waals surface area contributed by atoms with Crippen LogP contribution in [0, 0.1) is 5.41 Å². The first-order chi connectivity index (χ1) is 21.8. The van der Waals surface area contributed by atoms with Crippen LogP contribution >= 0.6 is 7.52 Å². The molecule has 5 rings (SSSR count). The Hall–Kier alpha value is -4.53. The van der Waals surface area contributed by atoms with E-state index in [0.717, 1.165) is 0 Å². The Balaban J connectivity index is 1.55. The van der Waals surface area contributed by atoms with Gasteiger partial charge in [-0.05, 0) is 68.1 Å². The third-order valence-corrected chi connectivity index (χ3v) is 9.96. The van der Waals surface area contributed by atoms with E-state index in [2.05, 4.69) is 30.9 Å². The number of ether oxygens (including phenoxy) is 1. The quantitative estimate of drug-likeness (QED) is 0.211. The second-order valence-electron chi connectivity index (χ2n) is 12.4. The van der Waals surface area contributed by atoms with Gasteiger partial charge in [-0.3, -0.25) is 14.2 Å². The molecule has 2 amide bonds. The Morgan fingerprint density at radius 1 is 1.00 bits per heavy atom. The number of carbonyl (C=O) groups is 3. The maximum atomic E-state index is 14.5. The summed E-state index contributed by atoms with van der Waals surface area (Å²) in [4.78, 5) is 43.6. The van der Waals surface area contributed by atoms with Gasteiger partial charge in [-0.2, -0.15) is 4.76 Å². The Morgan fingerprint density at radius 2 is 1.63 bits per heavy atom. The highest BCUT2D eigenvalue weighted by atomic mass is 31.2. The van der Waals surface area contributed by atoms with Crippen molar-refractivity contribution < 1.29 is 28.2 Å². The molecule has 1 N–H and O–H groups in total. The molecule has 10 nitrogen and oxygen atoms in total. The third-order valence-electron chi connectivity index (χ3n) is 7.91. The predicted molar refractivity (Wildman–Crippen MR) is 180 cm³/mol. The summed E-state index contributed by atoms with van der Waals surface area (Å²) in [5, 5.41) is 3.42. The number of hydrogen-bond acceptors (Lipinski definition) is 7. The van der Waals surface area contributed by atoms with Crippen molar-refractivity contribution in [3.63, 3.8) is 0 Å². The summed E-state index contributed by atoms with van der Waals surface area (Å²) in [5.41, 5.74) is 1.69. The molecule has 3 aromatic rings. The molecule has 0 radical (unpaired) electrons. The lowest BCUT2D eigenvalue weighted by Gasteiger charge is -2.28. The summed E-state index contributed by atoms with van der Waals surface area (Å²) < 4.78 is 30.8. The van der Waals surface area contributed by atoms with Crippen LogP contribution < -0.4 is 15.5 Å². The van der Waals surface area contributed by atoms with Crippen molar-refractivity contribution in [2.75, 3.05) is 30.4 Å². The minimum Gasteiger partial charge on any atom is -0.424 e. The van der Waals surface area contributed by atoms with Gasteiger partial charge in [-0.25, -0.2) is 4.79 Å². The number of fused-ring (bicyclic) bond motifs is 1. The molecule has 0 fully saturated rings. The zero-order valence-corrected chi connectivity index (χ0v) is 27.8. The van der Waals surface area contributed by atoms with E-state index in [1.54, 1.807) is 98.6 Å². The van der Waals surface area contributed by atoms with Gasteiger partial charge >= 0.3 is 13.5 Å². The fourth-order valence-electron chi connectivity index (χ4n) is 5.30. The van der Waals surface area contributed by atoms with Gasteiger partial charge in [0.15, 0.2) is 5.84 Å². The Bertz CT molecular complexity index is 1760. The van der Waals surface area contributed by atoms with Crippen LogP contribution in [-0.2, 0) is 18.6 Å². The maximum absolute atomic E-state index is 14.5. The Kier molecular flexibility index (Phi) is 9.33. The van der Waals surface area contributed by atoms with E-state index in [0.29, 0.717) is 35.5 Å². The van der Waals surface area contributed by atoms with Gasteiger partial charge < -0.3 is 24.4 Å². The molecular formula is C35H39N4O6P. The van der Waals surface area contributed by atoms with E-state index in [1.807, 2.05) is 6.07 Å². The van der Waals surface area contributed by atoms with Crippen molar-refractivity contribution in [2.45, 2.75) is 47.1 Å². The molecule has 11 heteroatoms.